The van der Waals surface area contributed by atoms with E-state index < -0.39 is 11.8 Å². The molecule has 2 aliphatic rings. The zero-order chi connectivity index (χ0) is 27.8. The van der Waals surface area contributed by atoms with E-state index in [0.717, 1.165) is 15.4 Å². The number of carbonyl (C=O) groups is 4. The van der Waals surface area contributed by atoms with Gasteiger partial charge in [-0.25, -0.2) is 4.90 Å². The van der Waals surface area contributed by atoms with E-state index in [1.165, 1.54) is 7.05 Å². The highest BCUT2D eigenvalue weighted by Gasteiger charge is 2.37. The molecular weight excluding hydrogens is 492 g/mol. The van der Waals surface area contributed by atoms with Gasteiger partial charge in [0.1, 0.15) is 11.5 Å². The maximum absolute atomic E-state index is 13.3. The van der Waals surface area contributed by atoms with Crippen LogP contribution in [-0.4, -0.2) is 35.6 Å². The zero-order valence-electron chi connectivity index (χ0n) is 22.0. The smallest absolute Gasteiger partial charge is 0.266 e. The summed E-state index contributed by atoms with van der Waals surface area (Å²) >= 11 is 0. The number of hydrogen-bond donors (Lipinski definition) is 0. The fourth-order valence-corrected chi connectivity index (χ4v) is 4.60. The van der Waals surface area contributed by atoms with Crippen molar-refractivity contribution in [2.45, 2.75) is 20.8 Å². The van der Waals surface area contributed by atoms with Crippen molar-refractivity contribution in [1.29, 1.82) is 0 Å². The minimum atomic E-state index is -0.429. The predicted octanol–water partition coefficient (Wildman–Crippen LogP) is 6.51. The fraction of sp³-hybridized carbons (Fsp3) is 0.125. The molecule has 7 heteroatoms. The van der Waals surface area contributed by atoms with Gasteiger partial charge in [-0.2, -0.15) is 0 Å². The monoisotopic (exact) mass is 518 g/mol. The van der Waals surface area contributed by atoms with E-state index in [9.17, 15) is 19.2 Å². The van der Waals surface area contributed by atoms with Crippen molar-refractivity contribution in [2.24, 2.45) is 0 Å². The molecule has 0 atom stereocenters. The number of rotatable bonds is 4. The van der Waals surface area contributed by atoms with Crippen molar-refractivity contribution in [3.8, 4) is 22.6 Å². The summed E-state index contributed by atoms with van der Waals surface area (Å²) in [7, 11) is 1.44. The van der Waals surface area contributed by atoms with Crippen LogP contribution in [0.4, 0.5) is 5.69 Å². The number of amides is 4. The number of hydrogen-bond acceptors (Lipinski definition) is 5. The van der Waals surface area contributed by atoms with Crippen molar-refractivity contribution >= 4 is 29.3 Å². The molecule has 6 rings (SSSR count). The highest BCUT2D eigenvalue weighted by atomic mass is 16.5. The van der Waals surface area contributed by atoms with Crippen LogP contribution in [0.15, 0.2) is 84.9 Å². The first kappa shape index (κ1) is 25.6. The molecule has 4 amide bonds. The van der Waals surface area contributed by atoms with E-state index >= 15 is 0 Å². The Hall–Kier alpha value is -5.04. The lowest BCUT2D eigenvalue weighted by molar-refractivity contribution is 0.0692. The number of nitrogens with zero attached hydrogens (tertiary/aromatic N) is 2. The van der Waals surface area contributed by atoms with Crippen molar-refractivity contribution in [2.75, 3.05) is 11.9 Å². The summed E-state index contributed by atoms with van der Waals surface area (Å²) in [6.07, 6.45) is 0. The van der Waals surface area contributed by atoms with Gasteiger partial charge in [0, 0.05) is 7.05 Å². The highest BCUT2D eigenvalue weighted by Crippen LogP contribution is 2.34. The van der Waals surface area contributed by atoms with Crippen molar-refractivity contribution in [1.82, 2.24) is 4.90 Å². The van der Waals surface area contributed by atoms with E-state index in [1.54, 1.807) is 60.7 Å². The third kappa shape index (κ3) is 4.38. The van der Waals surface area contributed by atoms with E-state index in [2.05, 4.69) is 0 Å². The first-order chi connectivity index (χ1) is 18.8. The number of imide groups is 2. The molecule has 2 aliphatic heterocycles. The predicted molar refractivity (Wildman–Crippen MR) is 148 cm³/mol. The van der Waals surface area contributed by atoms with Gasteiger partial charge in [0.05, 0.1) is 27.9 Å². The van der Waals surface area contributed by atoms with Gasteiger partial charge >= 0.3 is 0 Å². The fourth-order valence-electron chi connectivity index (χ4n) is 4.60. The Balaban J connectivity index is 0.00000151. The van der Waals surface area contributed by atoms with Gasteiger partial charge < -0.3 is 4.74 Å². The first-order valence-electron chi connectivity index (χ1n) is 12.7. The maximum atomic E-state index is 13.3. The molecule has 0 unspecified atom stereocenters. The lowest BCUT2D eigenvalue weighted by atomic mass is 9.97. The molecule has 0 radical (unpaired) electrons. The van der Waals surface area contributed by atoms with Crippen molar-refractivity contribution < 1.29 is 23.9 Å². The van der Waals surface area contributed by atoms with Crippen LogP contribution >= 0.6 is 0 Å². The molecule has 2 heterocycles. The van der Waals surface area contributed by atoms with Gasteiger partial charge in [-0.05, 0) is 78.7 Å². The molecular formula is C32H26N2O5. The molecule has 4 aromatic rings. The Morgan fingerprint density at radius 2 is 0.974 bits per heavy atom. The number of benzene rings is 4. The summed E-state index contributed by atoms with van der Waals surface area (Å²) in [5.74, 6) is -0.267. The van der Waals surface area contributed by atoms with Crippen LogP contribution in [0.2, 0.25) is 0 Å². The number of anilines is 1. The van der Waals surface area contributed by atoms with Gasteiger partial charge in [0.15, 0.2) is 0 Å². The average Bonchev–Trinajstić information content (AvgIpc) is 3.35. The minimum absolute atomic E-state index is 0.280. The summed E-state index contributed by atoms with van der Waals surface area (Å²) in [5.41, 5.74) is 4.17. The maximum Gasteiger partial charge on any atom is 0.266 e. The van der Waals surface area contributed by atoms with Gasteiger partial charge in [0.25, 0.3) is 23.6 Å². The second kappa shape index (κ2) is 10.0. The molecule has 0 aromatic heterocycles. The minimum Gasteiger partial charge on any atom is -0.457 e. The topological polar surface area (TPSA) is 84.0 Å². The summed E-state index contributed by atoms with van der Waals surface area (Å²) in [6, 6.07) is 24.4. The number of fused-ring (bicyclic) bond motifs is 2. The molecule has 7 nitrogen and oxygen atoms in total. The zero-order valence-corrected chi connectivity index (χ0v) is 22.0. The molecule has 0 bridgehead atoms. The summed E-state index contributed by atoms with van der Waals surface area (Å²) < 4.78 is 5.85. The molecule has 39 heavy (non-hydrogen) atoms. The third-order valence-electron chi connectivity index (χ3n) is 6.66. The Morgan fingerprint density at radius 1 is 0.538 bits per heavy atom. The van der Waals surface area contributed by atoms with Crippen LogP contribution in [0.1, 0.15) is 60.8 Å². The quantitative estimate of drug-likeness (QED) is 0.288. The van der Waals surface area contributed by atoms with Gasteiger partial charge in [-0.1, -0.05) is 43.7 Å². The van der Waals surface area contributed by atoms with Crippen LogP contribution in [0.25, 0.3) is 11.1 Å². The van der Waals surface area contributed by atoms with Crippen LogP contribution in [0.5, 0.6) is 11.5 Å². The number of carbonyl (C=O) groups excluding carboxylic acids is 4. The molecule has 0 saturated carbocycles. The molecule has 4 aromatic carbocycles. The van der Waals surface area contributed by atoms with Crippen molar-refractivity contribution in [3.63, 3.8) is 0 Å². The van der Waals surface area contributed by atoms with E-state index in [0.29, 0.717) is 45.0 Å². The Morgan fingerprint density at radius 3 is 1.54 bits per heavy atom. The summed E-state index contributed by atoms with van der Waals surface area (Å²) in [5, 5.41) is 0. The number of ether oxygens (including phenoxy) is 1. The number of aryl methyl sites for hydroxylation is 1. The largest absolute Gasteiger partial charge is 0.457 e. The average molecular weight is 519 g/mol. The standard InChI is InChI=1S/C30H20N2O5.C2H6/c1-17-3-9-21(10-4-17)37-22-11-7-20(8-12-22)32-29(35)24-14-6-19(16-26(24)30(32)36)18-5-13-23-25(15-18)28(34)31(2)27(23)33;1-2/h3-16H,1-2H3;1-2H3. The Bertz CT molecular complexity index is 1640. The van der Waals surface area contributed by atoms with Gasteiger partial charge in [0.2, 0.25) is 0 Å². The Kier molecular flexibility index (Phi) is 6.58. The highest BCUT2D eigenvalue weighted by molar-refractivity contribution is 6.34. The van der Waals surface area contributed by atoms with Crippen LogP contribution in [-0.2, 0) is 0 Å². The van der Waals surface area contributed by atoms with Crippen molar-refractivity contribution in [3.05, 3.63) is 113 Å². The summed E-state index contributed by atoms with van der Waals surface area (Å²) in [4.78, 5) is 53.2. The summed E-state index contributed by atoms with van der Waals surface area (Å²) in [6.45, 7) is 6.00. The van der Waals surface area contributed by atoms with E-state index in [4.69, 9.17) is 4.74 Å². The van der Waals surface area contributed by atoms with Crippen LogP contribution in [0.3, 0.4) is 0 Å². The molecule has 0 aliphatic carbocycles. The molecule has 0 fully saturated rings. The SMILES string of the molecule is CC.Cc1ccc(Oc2ccc(N3C(=O)c4ccc(-c5ccc6c(c5)C(=O)N(C)C6=O)cc4C3=O)cc2)cc1. The molecule has 194 valence electrons. The molecule has 0 saturated heterocycles. The first-order valence-corrected chi connectivity index (χ1v) is 12.7. The normalized spacial score (nSPS) is 13.7. The van der Waals surface area contributed by atoms with Crippen LogP contribution < -0.4 is 9.64 Å². The lowest BCUT2D eigenvalue weighted by Gasteiger charge is -2.14. The van der Waals surface area contributed by atoms with E-state index in [-0.39, 0.29) is 17.4 Å². The van der Waals surface area contributed by atoms with Crippen LogP contribution in [0, 0.1) is 6.92 Å². The lowest BCUT2D eigenvalue weighted by Crippen LogP contribution is -2.29. The van der Waals surface area contributed by atoms with E-state index in [1.807, 2.05) is 45.0 Å². The third-order valence-corrected chi connectivity index (χ3v) is 6.66. The van der Waals surface area contributed by atoms with Gasteiger partial charge in [-0.15, -0.1) is 0 Å². The second-order valence-electron chi connectivity index (χ2n) is 9.04. The molecule has 0 N–H and O–H groups in total. The second-order valence-corrected chi connectivity index (χ2v) is 9.04. The molecule has 0 spiro atoms. The Labute approximate surface area is 226 Å². The van der Waals surface area contributed by atoms with Gasteiger partial charge in [-0.3, -0.25) is 24.1 Å².